The second-order valence-corrected chi connectivity index (χ2v) is 9.82. The molecular weight excluding hydrogens is 364 g/mol. The second-order valence-electron chi connectivity index (χ2n) is 8.53. The highest BCUT2D eigenvalue weighted by molar-refractivity contribution is 7.13. The number of piperidine rings is 1. The van der Waals surface area contributed by atoms with Crippen LogP contribution in [-0.4, -0.2) is 72.2 Å². The number of aryl methyl sites for hydroxylation is 1. The fourth-order valence-electron chi connectivity index (χ4n) is 3.70. The maximum Gasteiger partial charge on any atom is 0.320 e. The third-order valence-corrected chi connectivity index (χ3v) is 6.02. The molecule has 0 unspecified atom stereocenters. The molecule has 2 aliphatic rings. The lowest BCUT2D eigenvalue weighted by molar-refractivity contribution is -0.159. The van der Waals surface area contributed by atoms with E-state index in [-0.39, 0.29) is 17.5 Å². The molecule has 0 bridgehead atoms. The first-order valence-electron chi connectivity index (χ1n) is 9.60. The summed E-state index contributed by atoms with van der Waals surface area (Å²) in [6.07, 6.45) is 1.64. The highest BCUT2D eigenvalue weighted by atomic mass is 32.1. The molecule has 0 radical (unpaired) electrons. The van der Waals surface area contributed by atoms with Crippen molar-refractivity contribution in [2.24, 2.45) is 0 Å². The number of amides is 1. The van der Waals surface area contributed by atoms with Crippen molar-refractivity contribution in [3.05, 3.63) is 21.9 Å². The number of rotatable bonds is 3. The van der Waals surface area contributed by atoms with Crippen molar-refractivity contribution in [3.63, 3.8) is 0 Å². The van der Waals surface area contributed by atoms with E-state index in [2.05, 4.69) is 4.90 Å². The van der Waals surface area contributed by atoms with E-state index in [1.807, 2.05) is 44.7 Å². The van der Waals surface area contributed by atoms with Crippen molar-refractivity contribution in [2.45, 2.75) is 51.7 Å². The van der Waals surface area contributed by atoms with Gasteiger partial charge in [-0.25, -0.2) is 0 Å². The lowest BCUT2D eigenvalue weighted by Gasteiger charge is -2.47. The largest absolute Gasteiger partial charge is 0.459 e. The number of morpholine rings is 1. The molecule has 27 heavy (non-hydrogen) atoms. The van der Waals surface area contributed by atoms with Gasteiger partial charge in [0.25, 0.3) is 5.91 Å². The summed E-state index contributed by atoms with van der Waals surface area (Å²) < 4.78 is 11.5. The molecule has 2 aliphatic heterocycles. The van der Waals surface area contributed by atoms with Crippen molar-refractivity contribution in [3.8, 4) is 0 Å². The topological polar surface area (TPSA) is 59.1 Å². The maximum atomic E-state index is 12.8. The van der Waals surface area contributed by atoms with Crippen LogP contribution in [0, 0.1) is 6.92 Å². The number of nitrogens with zero attached hydrogens (tertiary/aromatic N) is 2. The average molecular weight is 395 g/mol. The summed E-state index contributed by atoms with van der Waals surface area (Å²) in [5.74, 6) is -0.0835. The summed E-state index contributed by atoms with van der Waals surface area (Å²) >= 11 is 1.54. The van der Waals surface area contributed by atoms with Crippen LogP contribution in [0.15, 0.2) is 12.1 Å². The van der Waals surface area contributed by atoms with Gasteiger partial charge in [-0.15, -0.1) is 11.3 Å². The first-order chi connectivity index (χ1) is 12.7. The number of ether oxygens (including phenoxy) is 2. The monoisotopic (exact) mass is 394 g/mol. The van der Waals surface area contributed by atoms with Crippen molar-refractivity contribution in [1.82, 2.24) is 9.80 Å². The molecule has 0 aromatic carbocycles. The van der Waals surface area contributed by atoms with Crippen molar-refractivity contribution in [1.29, 1.82) is 0 Å². The van der Waals surface area contributed by atoms with Crippen molar-refractivity contribution in [2.75, 3.05) is 39.3 Å². The molecule has 1 spiro atoms. The number of carbonyl (C=O) groups is 2. The summed E-state index contributed by atoms with van der Waals surface area (Å²) in [6, 6.07) is 3.90. The smallest absolute Gasteiger partial charge is 0.320 e. The Bertz CT molecular complexity index is 686. The molecule has 3 rings (SSSR count). The zero-order chi connectivity index (χ0) is 19.7. The molecule has 0 aliphatic carbocycles. The highest BCUT2D eigenvalue weighted by Crippen LogP contribution is 2.31. The number of hydrogen-bond donors (Lipinski definition) is 0. The minimum atomic E-state index is -0.457. The SMILES string of the molecule is Cc1ccc(C(=O)N2CCOC3(CCN(CC(=O)OC(C)(C)C)CC3)C2)s1. The van der Waals surface area contributed by atoms with E-state index < -0.39 is 5.60 Å². The van der Waals surface area contributed by atoms with Crippen LogP contribution in [0.1, 0.15) is 48.2 Å². The van der Waals surface area contributed by atoms with Gasteiger partial charge < -0.3 is 14.4 Å². The predicted octanol–water partition coefficient (Wildman–Crippen LogP) is 2.71. The van der Waals surface area contributed by atoms with E-state index >= 15 is 0 Å². The first kappa shape index (κ1) is 20.3. The van der Waals surface area contributed by atoms with Crippen LogP contribution in [0.2, 0.25) is 0 Å². The van der Waals surface area contributed by atoms with Gasteiger partial charge in [0.05, 0.1) is 30.2 Å². The van der Waals surface area contributed by atoms with E-state index in [0.717, 1.165) is 35.7 Å². The number of likely N-dealkylation sites (tertiary alicyclic amines) is 1. The fourth-order valence-corrected chi connectivity index (χ4v) is 4.54. The maximum absolute atomic E-state index is 12.8. The van der Waals surface area contributed by atoms with Gasteiger partial charge in [0.2, 0.25) is 0 Å². The molecule has 0 saturated carbocycles. The van der Waals surface area contributed by atoms with Crippen LogP contribution >= 0.6 is 11.3 Å². The normalized spacial score (nSPS) is 20.7. The molecule has 2 saturated heterocycles. The highest BCUT2D eigenvalue weighted by Gasteiger charge is 2.41. The van der Waals surface area contributed by atoms with E-state index in [1.54, 1.807) is 11.3 Å². The Balaban J connectivity index is 1.54. The van der Waals surface area contributed by atoms with Crippen LogP contribution in [-0.2, 0) is 14.3 Å². The number of thiophene rings is 1. The Morgan fingerprint density at radius 1 is 1.22 bits per heavy atom. The zero-order valence-electron chi connectivity index (χ0n) is 16.7. The van der Waals surface area contributed by atoms with Crippen LogP contribution in [0.25, 0.3) is 0 Å². The van der Waals surface area contributed by atoms with Gasteiger partial charge in [-0.2, -0.15) is 0 Å². The summed E-state index contributed by atoms with van der Waals surface area (Å²) in [6.45, 7) is 11.4. The van der Waals surface area contributed by atoms with E-state index in [9.17, 15) is 9.59 Å². The Morgan fingerprint density at radius 2 is 1.93 bits per heavy atom. The molecule has 150 valence electrons. The van der Waals surface area contributed by atoms with Gasteiger partial charge >= 0.3 is 5.97 Å². The Kier molecular flexibility index (Phi) is 5.93. The molecule has 3 heterocycles. The van der Waals surface area contributed by atoms with Crippen LogP contribution in [0.5, 0.6) is 0 Å². The summed E-state index contributed by atoms with van der Waals surface area (Å²) in [5.41, 5.74) is -0.744. The third-order valence-electron chi connectivity index (χ3n) is 5.03. The van der Waals surface area contributed by atoms with Crippen LogP contribution in [0.3, 0.4) is 0 Å². The number of hydrogen-bond acceptors (Lipinski definition) is 6. The van der Waals surface area contributed by atoms with Gasteiger partial charge in [-0.3, -0.25) is 14.5 Å². The minimum absolute atomic E-state index is 0.104. The van der Waals surface area contributed by atoms with Gasteiger partial charge in [-0.1, -0.05) is 0 Å². The quantitative estimate of drug-likeness (QED) is 0.738. The molecule has 1 amide bonds. The van der Waals surface area contributed by atoms with Crippen LogP contribution in [0.4, 0.5) is 0 Å². The lowest BCUT2D eigenvalue weighted by Crippen LogP contribution is -2.58. The average Bonchev–Trinajstić information content (AvgIpc) is 3.01. The van der Waals surface area contributed by atoms with Crippen LogP contribution < -0.4 is 0 Å². The standard InChI is InChI=1S/C20H30N2O4S/c1-15-5-6-16(27-15)18(24)22-11-12-25-20(14-22)7-9-21(10-8-20)13-17(23)26-19(2,3)4/h5-6H,7-14H2,1-4H3. The number of esters is 1. The molecule has 1 aromatic rings. The lowest BCUT2D eigenvalue weighted by atomic mass is 9.89. The molecule has 2 fully saturated rings. The molecule has 7 heteroatoms. The van der Waals surface area contributed by atoms with Gasteiger partial charge in [0.1, 0.15) is 5.60 Å². The Morgan fingerprint density at radius 3 is 2.52 bits per heavy atom. The minimum Gasteiger partial charge on any atom is -0.459 e. The van der Waals surface area contributed by atoms with E-state index in [1.165, 1.54) is 0 Å². The van der Waals surface area contributed by atoms with Crippen molar-refractivity contribution < 1.29 is 19.1 Å². The van der Waals surface area contributed by atoms with Gasteiger partial charge in [0, 0.05) is 24.5 Å². The molecule has 6 nitrogen and oxygen atoms in total. The van der Waals surface area contributed by atoms with Gasteiger partial charge in [0.15, 0.2) is 0 Å². The van der Waals surface area contributed by atoms with E-state index in [0.29, 0.717) is 26.2 Å². The fraction of sp³-hybridized carbons (Fsp3) is 0.700. The van der Waals surface area contributed by atoms with Crippen molar-refractivity contribution >= 4 is 23.2 Å². The summed E-state index contributed by atoms with van der Waals surface area (Å²) in [4.78, 5) is 30.8. The first-order valence-corrected chi connectivity index (χ1v) is 10.4. The second kappa shape index (κ2) is 7.89. The molecule has 0 atom stereocenters. The Hall–Kier alpha value is -1.44. The van der Waals surface area contributed by atoms with E-state index in [4.69, 9.17) is 9.47 Å². The zero-order valence-corrected chi connectivity index (χ0v) is 17.6. The molecule has 1 aromatic heterocycles. The van der Waals surface area contributed by atoms with Gasteiger partial charge in [-0.05, 0) is 52.7 Å². The summed E-state index contributed by atoms with van der Waals surface area (Å²) in [7, 11) is 0. The summed E-state index contributed by atoms with van der Waals surface area (Å²) in [5, 5.41) is 0. The third kappa shape index (κ3) is 5.30. The molecular formula is C20H30N2O4S. The Labute approximate surface area is 165 Å². The molecule has 0 N–H and O–H groups in total. The predicted molar refractivity (Wildman–Crippen MR) is 105 cm³/mol. The number of carbonyl (C=O) groups excluding carboxylic acids is 2.